The van der Waals surface area contributed by atoms with Gasteiger partial charge < -0.3 is 9.84 Å². The second-order valence-corrected chi connectivity index (χ2v) is 5.29. The van der Waals surface area contributed by atoms with Gasteiger partial charge in [-0.2, -0.15) is 26.3 Å². The summed E-state index contributed by atoms with van der Waals surface area (Å²) in [5.74, 6) is -0.103. The Labute approximate surface area is 129 Å². The molecule has 2 nitrogen and oxygen atoms in total. The van der Waals surface area contributed by atoms with Crippen LogP contribution in [-0.2, 0) is 0 Å². The van der Waals surface area contributed by atoms with Gasteiger partial charge in [0.05, 0.1) is 6.61 Å². The van der Waals surface area contributed by atoms with E-state index in [4.69, 9.17) is 9.84 Å². The molecule has 0 radical (unpaired) electrons. The van der Waals surface area contributed by atoms with Gasteiger partial charge in [-0.05, 0) is 24.3 Å². The minimum atomic E-state index is -6.18. The highest BCUT2D eigenvalue weighted by Crippen LogP contribution is 2.49. The highest BCUT2D eigenvalue weighted by Gasteiger charge is 2.72. The molecule has 0 aromatic heterocycles. The van der Waals surface area contributed by atoms with Crippen LogP contribution in [-0.4, -0.2) is 35.8 Å². The summed E-state index contributed by atoms with van der Waals surface area (Å²) in [4.78, 5) is 0. The minimum absolute atomic E-state index is 0.103. The predicted molar refractivity (Wildman–Crippen MR) is 66.2 cm³/mol. The van der Waals surface area contributed by atoms with Crippen LogP contribution in [0.15, 0.2) is 28.7 Å². The molecule has 0 saturated carbocycles. The maximum Gasteiger partial charge on any atom is 0.431 e. The Bertz CT molecular complexity index is 470. The van der Waals surface area contributed by atoms with E-state index in [0.717, 1.165) is 0 Å². The number of rotatable bonds is 5. The topological polar surface area (TPSA) is 29.5 Å². The fraction of sp³-hybridized carbons (Fsp3) is 0.500. The van der Waals surface area contributed by atoms with Crippen LogP contribution in [0.25, 0.3) is 0 Å². The Balaban J connectivity index is 2.97. The number of alkyl halides is 7. The molecule has 0 amide bonds. The molecule has 0 saturated heterocycles. The molecule has 22 heavy (non-hydrogen) atoms. The molecular formula is C12H10BrF7O2. The zero-order valence-electron chi connectivity index (χ0n) is 10.7. The molecule has 0 aliphatic carbocycles. The van der Waals surface area contributed by atoms with Crippen molar-refractivity contribution < 1.29 is 40.6 Å². The molecule has 1 aromatic carbocycles. The van der Waals surface area contributed by atoms with Crippen LogP contribution < -0.4 is 4.74 Å². The van der Waals surface area contributed by atoms with Gasteiger partial charge in [-0.3, -0.25) is 0 Å². The third-order valence-electron chi connectivity index (χ3n) is 2.73. The number of aliphatic hydroxyl groups is 1. The molecule has 1 rings (SSSR count). The van der Waals surface area contributed by atoms with Gasteiger partial charge in [0.15, 0.2) is 0 Å². The molecule has 0 fully saturated rings. The summed E-state index contributed by atoms with van der Waals surface area (Å²) < 4.78 is 93.6. The first kappa shape index (κ1) is 19.0. The number of ether oxygens (including phenoxy) is 1. The van der Waals surface area contributed by atoms with Crippen molar-refractivity contribution in [2.45, 2.75) is 30.5 Å². The molecule has 0 aliphatic heterocycles. The lowest BCUT2D eigenvalue weighted by Gasteiger charge is -2.32. The van der Waals surface area contributed by atoms with E-state index in [1.165, 1.54) is 24.3 Å². The van der Waals surface area contributed by atoms with Gasteiger partial charge in [0, 0.05) is 10.9 Å². The second-order valence-electron chi connectivity index (χ2n) is 4.38. The summed E-state index contributed by atoms with van der Waals surface area (Å²) in [5.41, 5.74) is -5.47. The lowest BCUT2D eigenvalue weighted by Crippen LogP contribution is -2.55. The van der Waals surface area contributed by atoms with Crippen molar-refractivity contribution in [1.29, 1.82) is 0 Å². The number of hydrogen-bond donors (Lipinski definition) is 1. The third-order valence-corrected chi connectivity index (χ3v) is 3.26. The number of benzene rings is 1. The van der Waals surface area contributed by atoms with E-state index in [-0.39, 0.29) is 5.75 Å². The van der Waals surface area contributed by atoms with E-state index in [9.17, 15) is 30.7 Å². The molecular weight excluding hydrogens is 389 g/mol. The Morgan fingerprint density at radius 1 is 0.955 bits per heavy atom. The fourth-order valence-electron chi connectivity index (χ4n) is 1.55. The molecule has 10 heteroatoms. The predicted octanol–water partition coefficient (Wildman–Crippen LogP) is 4.41. The van der Waals surface area contributed by atoms with Crippen LogP contribution in [0.5, 0.6) is 5.75 Å². The Kier molecular flexibility index (Phi) is 5.71. The van der Waals surface area contributed by atoms with Crippen molar-refractivity contribution >= 4 is 15.9 Å². The SMILES string of the molecule is OCC(CC(F)(C(F)(F)F)C(F)(F)F)Oc1ccc(Br)cc1. The van der Waals surface area contributed by atoms with E-state index in [1.807, 2.05) is 0 Å². The third kappa shape index (κ3) is 4.25. The highest BCUT2D eigenvalue weighted by atomic mass is 79.9. The molecule has 0 heterocycles. The fourth-order valence-corrected chi connectivity index (χ4v) is 1.82. The number of hydrogen-bond acceptors (Lipinski definition) is 2. The summed E-state index contributed by atoms with van der Waals surface area (Å²) in [6, 6.07) is 5.32. The summed E-state index contributed by atoms with van der Waals surface area (Å²) in [6.07, 6.45) is -16.5. The normalized spacial score (nSPS) is 14.8. The van der Waals surface area contributed by atoms with Crippen molar-refractivity contribution in [3.05, 3.63) is 28.7 Å². The molecule has 0 bridgehead atoms. The summed E-state index contributed by atoms with van der Waals surface area (Å²) in [6.45, 7) is -1.21. The van der Waals surface area contributed by atoms with Crippen molar-refractivity contribution in [3.63, 3.8) is 0 Å². The standard InChI is InChI=1S/C12H10BrF7O2/c13-7-1-3-8(4-2-7)22-9(6-21)5-10(14,11(15,16)17)12(18,19)20/h1-4,9,21H,5-6H2. The van der Waals surface area contributed by atoms with E-state index in [2.05, 4.69) is 15.9 Å². The lowest BCUT2D eigenvalue weighted by molar-refractivity contribution is -0.347. The smallest absolute Gasteiger partial charge is 0.431 e. The van der Waals surface area contributed by atoms with Gasteiger partial charge >= 0.3 is 18.0 Å². The van der Waals surface area contributed by atoms with Crippen LogP contribution >= 0.6 is 15.9 Å². The van der Waals surface area contributed by atoms with E-state index in [1.54, 1.807) is 0 Å². The highest BCUT2D eigenvalue weighted by molar-refractivity contribution is 9.10. The average molecular weight is 399 g/mol. The zero-order chi connectivity index (χ0) is 17.2. The van der Waals surface area contributed by atoms with Gasteiger partial charge in [-0.25, -0.2) is 4.39 Å². The van der Waals surface area contributed by atoms with Crippen LogP contribution in [0.4, 0.5) is 30.7 Å². The van der Waals surface area contributed by atoms with E-state index in [0.29, 0.717) is 4.47 Å². The Hall–Kier alpha value is -1.03. The van der Waals surface area contributed by atoms with Crippen LogP contribution in [0.2, 0.25) is 0 Å². The van der Waals surface area contributed by atoms with Gasteiger partial charge in [0.1, 0.15) is 11.9 Å². The quantitative estimate of drug-likeness (QED) is 0.744. The minimum Gasteiger partial charge on any atom is -0.488 e. The molecule has 1 N–H and O–H groups in total. The van der Waals surface area contributed by atoms with Crippen molar-refractivity contribution in [3.8, 4) is 5.75 Å². The first-order valence-electron chi connectivity index (χ1n) is 5.76. The van der Waals surface area contributed by atoms with Crippen molar-refractivity contribution in [2.75, 3.05) is 6.61 Å². The largest absolute Gasteiger partial charge is 0.488 e. The molecule has 1 unspecified atom stereocenters. The van der Waals surface area contributed by atoms with Crippen LogP contribution in [0.1, 0.15) is 6.42 Å². The molecule has 1 aromatic rings. The van der Waals surface area contributed by atoms with Crippen molar-refractivity contribution in [2.24, 2.45) is 0 Å². The van der Waals surface area contributed by atoms with Crippen LogP contribution in [0, 0.1) is 0 Å². The summed E-state index contributed by atoms with van der Waals surface area (Å²) in [5, 5.41) is 8.90. The van der Waals surface area contributed by atoms with Crippen molar-refractivity contribution in [1.82, 2.24) is 0 Å². The maximum absolute atomic E-state index is 13.6. The number of aliphatic hydroxyl groups excluding tert-OH is 1. The first-order chi connectivity index (χ1) is 9.90. The Morgan fingerprint density at radius 2 is 1.41 bits per heavy atom. The van der Waals surface area contributed by atoms with Gasteiger partial charge in [0.2, 0.25) is 0 Å². The maximum atomic E-state index is 13.6. The zero-order valence-corrected chi connectivity index (χ0v) is 12.3. The average Bonchev–Trinajstić information content (AvgIpc) is 2.37. The van der Waals surface area contributed by atoms with Gasteiger partial charge in [-0.15, -0.1) is 0 Å². The van der Waals surface area contributed by atoms with Crippen LogP contribution in [0.3, 0.4) is 0 Å². The molecule has 1 atom stereocenters. The molecule has 126 valence electrons. The molecule has 0 aliphatic rings. The first-order valence-corrected chi connectivity index (χ1v) is 6.55. The monoisotopic (exact) mass is 398 g/mol. The number of halogens is 8. The Morgan fingerprint density at radius 3 is 1.77 bits per heavy atom. The van der Waals surface area contributed by atoms with Gasteiger partial charge in [0.25, 0.3) is 0 Å². The second kappa shape index (κ2) is 6.61. The lowest BCUT2D eigenvalue weighted by atomic mass is 9.96. The summed E-state index contributed by atoms with van der Waals surface area (Å²) >= 11 is 3.07. The molecule has 0 spiro atoms. The van der Waals surface area contributed by atoms with Gasteiger partial charge in [-0.1, -0.05) is 15.9 Å². The van der Waals surface area contributed by atoms with E-state index >= 15 is 0 Å². The van der Waals surface area contributed by atoms with E-state index < -0.39 is 37.2 Å². The summed E-state index contributed by atoms with van der Waals surface area (Å²) in [7, 11) is 0.